The lowest BCUT2D eigenvalue weighted by atomic mass is 10.0. The Kier molecular flexibility index (Phi) is 4.53. The molecule has 0 saturated heterocycles. The molecule has 1 N–H and O–H groups in total. The maximum absolute atomic E-state index is 12.8. The third kappa shape index (κ3) is 3.68. The molecule has 7 nitrogen and oxygen atoms in total. The van der Waals surface area contributed by atoms with E-state index in [2.05, 4.69) is 24.7 Å². The Morgan fingerprint density at radius 3 is 2.62 bits per heavy atom. The number of nitrogens with zero attached hydrogens (tertiary/aromatic N) is 4. The van der Waals surface area contributed by atoms with E-state index in [1.807, 2.05) is 36.4 Å². The van der Waals surface area contributed by atoms with E-state index in [1.54, 1.807) is 11.7 Å². The minimum absolute atomic E-state index is 0.123. The molecule has 0 unspecified atom stereocenters. The number of H-pyrrole nitrogens is 1. The number of aromatic amines is 1. The second-order valence-electron chi connectivity index (χ2n) is 6.31. The van der Waals surface area contributed by atoms with E-state index in [-0.39, 0.29) is 23.4 Å². The van der Waals surface area contributed by atoms with Gasteiger partial charge in [-0.3, -0.25) is 9.48 Å². The standard InChI is InChI=1S/C19H14F3N5O2/c1-27-12(10-15(25-27)11-5-3-2-4-6-11)9-14-13(7-8-23-17(14)28)16-24-18(29-26-16)19(20,21)22/h2-8,10H,9H2,1H3,(H,23,28). The Bertz CT molecular complexity index is 1210. The molecule has 0 aliphatic rings. The van der Waals surface area contributed by atoms with Gasteiger partial charge >= 0.3 is 12.1 Å². The summed E-state index contributed by atoms with van der Waals surface area (Å²) in [6.07, 6.45) is -3.32. The molecule has 1 aromatic carbocycles. The number of hydrogen-bond acceptors (Lipinski definition) is 5. The van der Waals surface area contributed by atoms with E-state index in [0.29, 0.717) is 5.69 Å². The van der Waals surface area contributed by atoms with E-state index in [1.165, 1.54) is 12.3 Å². The lowest BCUT2D eigenvalue weighted by molar-refractivity contribution is -0.159. The highest BCUT2D eigenvalue weighted by atomic mass is 19.4. The summed E-state index contributed by atoms with van der Waals surface area (Å²) in [6, 6.07) is 12.7. The maximum atomic E-state index is 12.8. The first-order chi connectivity index (χ1) is 13.8. The quantitative estimate of drug-likeness (QED) is 0.566. The van der Waals surface area contributed by atoms with Gasteiger partial charge < -0.3 is 9.51 Å². The first-order valence-corrected chi connectivity index (χ1v) is 8.53. The number of alkyl halides is 3. The fraction of sp³-hybridized carbons (Fsp3) is 0.158. The van der Waals surface area contributed by atoms with E-state index < -0.39 is 17.6 Å². The van der Waals surface area contributed by atoms with Crippen LogP contribution in [0.5, 0.6) is 0 Å². The van der Waals surface area contributed by atoms with E-state index in [0.717, 1.165) is 11.3 Å². The Labute approximate surface area is 161 Å². The third-order valence-corrected chi connectivity index (χ3v) is 4.38. The molecule has 0 atom stereocenters. The zero-order valence-electron chi connectivity index (χ0n) is 15.1. The van der Waals surface area contributed by atoms with Crippen molar-refractivity contribution in [3.63, 3.8) is 0 Å². The van der Waals surface area contributed by atoms with Gasteiger partial charge in [-0.1, -0.05) is 35.5 Å². The number of rotatable bonds is 4. The number of benzene rings is 1. The minimum Gasteiger partial charge on any atom is -0.329 e. The molecule has 10 heteroatoms. The zero-order valence-corrected chi connectivity index (χ0v) is 15.1. The summed E-state index contributed by atoms with van der Waals surface area (Å²) < 4.78 is 44.3. The highest BCUT2D eigenvalue weighted by molar-refractivity contribution is 5.61. The number of nitrogens with one attached hydrogen (secondary N) is 1. The highest BCUT2D eigenvalue weighted by Crippen LogP contribution is 2.30. The van der Waals surface area contributed by atoms with Crippen molar-refractivity contribution < 1.29 is 17.7 Å². The molecule has 0 saturated carbocycles. The largest absolute Gasteiger partial charge is 0.471 e. The van der Waals surface area contributed by atoms with Crippen LogP contribution >= 0.6 is 0 Å². The van der Waals surface area contributed by atoms with Crippen LogP contribution in [0, 0.1) is 0 Å². The first kappa shape index (κ1) is 18.7. The molecule has 0 fully saturated rings. The van der Waals surface area contributed by atoms with Crippen molar-refractivity contribution in [1.29, 1.82) is 0 Å². The van der Waals surface area contributed by atoms with Crippen LogP contribution in [-0.4, -0.2) is 24.9 Å². The number of pyridine rings is 1. The first-order valence-electron chi connectivity index (χ1n) is 8.53. The summed E-state index contributed by atoms with van der Waals surface area (Å²) >= 11 is 0. The summed E-state index contributed by atoms with van der Waals surface area (Å²) in [7, 11) is 1.73. The zero-order chi connectivity index (χ0) is 20.6. The summed E-state index contributed by atoms with van der Waals surface area (Å²) in [5.74, 6) is -1.77. The van der Waals surface area contributed by atoms with Gasteiger partial charge in [0, 0.05) is 42.0 Å². The van der Waals surface area contributed by atoms with Crippen LogP contribution < -0.4 is 5.56 Å². The van der Waals surface area contributed by atoms with E-state index in [9.17, 15) is 18.0 Å². The SMILES string of the molecule is Cn1nc(-c2ccccc2)cc1Cc1c(-c2noc(C(F)(F)F)n2)cc[nH]c1=O. The van der Waals surface area contributed by atoms with Crippen LogP contribution in [-0.2, 0) is 19.6 Å². The second kappa shape index (κ2) is 7.04. The Morgan fingerprint density at radius 1 is 1.17 bits per heavy atom. The Balaban J connectivity index is 1.73. The normalized spacial score (nSPS) is 11.7. The lowest BCUT2D eigenvalue weighted by Crippen LogP contribution is -2.15. The van der Waals surface area contributed by atoms with Crippen molar-refractivity contribution >= 4 is 0 Å². The summed E-state index contributed by atoms with van der Waals surface area (Å²) in [5.41, 5.74) is 2.24. The molecule has 0 spiro atoms. The Morgan fingerprint density at radius 2 is 1.93 bits per heavy atom. The number of aryl methyl sites for hydroxylation is 1. The van der Waals surface area contributed by atoms with Gasteiger partial charge in [-0.2, -0.15) is 23.3 Å². The smallest absolute Gasteiger partial charge is 0.329 e. The number of halogens is 3. The molecule has 0 radical (unpaired) electrons. The van der Waals surface area contributed by atoms with Crippen LogP contribution in [0.3, 0.4) is 0 Å². The van der Waals surface area contributed by atoms with Gasteiger partial charge in [0.05, 0.1) is 5.69 Å². The molecule has 29 heavy (non-hydrogen) atoms. The van der Waals surface area contributed by atoms with Gasteiger partial charge in [0.15, 0.2) is 0 Å². The predicted molar refractivity (Wildman–Crippen MR) is 96.8 cm³/mol. The summed E-state index contributed by atoms with van der Waals surface area (Å²) in [6.45, 7) is 0. The molecule has 4 aromatic rings. The van der Waals surface area contributed by atoms with Crippen molar-refractivity contribution in [1.82, 2.24) is 24.9 Å². The fourth-order valence-electron chi connectivity index (χ4n) is 2.95. The van der Waals surface area contributed by atoms with Crippen LogP contribution in [0.4, 0.5) is 13.2 Å². The van der Waals surface area contributed by atoms with Crippen molar-refractivity contribution in [2.45, 2.75) is 12.6 Å². The van der Waals surface area contributed by atoms with E-state index >= 15 is 0 Å². The van der Waals surface area contributed by atoms with E-state index in [4.69, 9.17) is 0 Å². The van der Waals surface area contributed by atoms with Gasteiger partial charge in [0.25, 0.3) is 5.56 Å². The lowest BCUT2D eigenvalue weighted by Gasteiger charge is -2.05. The van der Waals surface area contributed by atoms with Crippen molar-refractivity contribution in [2.75, 3.05) is 0 Å². The molecular weight excluding hydrogens is 387 g/mol. The second-order valence-corrected chi connectivity index (χ2v) is 6.31. The Hall–Kier alpha value is -3.69. The topological polar surface area (TPSA) is 89.6 Å². The molecule has 0 aliphatic heterocycles. The average Bonchev–Trinajstić information content (AvgIpc) is 3.32. The molecule has 3 heterocycles. The monoisotopic (exact) mass is 401 g/mol. The van der Waals surface area contributed by atoms with Gasteiger partial charge in [-0.05, 0) is 12.1 Å². The predicted octanol–water partition coefficient (Wildman–Crippen LogP) is 3.44. The summed E-state index contributed by atoms with van der Waals surface area (Å²) in [4.78, 5) is 18.3. The summed E-state index contributed by atoms with van der Waals surface area (Å²) in [5, 5.41) is 7.84. The van der Waals surface area contributed by atoms with Crippen molar-refractivity contribution in [3.8, 4) is 22.6 Å². The van der Waals surface area contributed by atoms with Crippen LogP contribution in [0.15, 0.2) is 58.0 Å². The number of aromatic nitrogens is 5. The molecular formula is C19H14F3N5O2. The average molecular weight is 401 g/mol. The highest BCUT2D eigenvalue weighted by Gasteiger charge is 2.38. The van der Waals surface area contributed by atoms with Crippen LogP contribution in [0.25, 0.3) is 22.6 Å². The van der Waals surface area contributed by atoms with Crippen LogP contribution in [0.1, 0.15) is 17.1 Å². The van der Waals surface area contributed by atoms with Gasteiger partial charge in [-0.15, -0.1) is 0 Å². The van der Waals surface area contributed by atoms with Crippen molar-refractivity contribution in [3.05, 3.63) is 76.2 Å². The molecule has 0 amide bonds. The van der Waals surface area contributed by atoms with Gasteiger partial charge in [0.1, 0.15) is 0 Å². The minimum atomic E-state index is -4.76. The van der Waals surface area contributed by atoms with Crippen LogP contribution in [0.2, 0.25) is 0 Å². The van der Waals surface area contributed by atoms with Crippen molar-refractivity contribution in [2.24, 2.45) is 7.05 Å². The van der Waals surface area contributed by atoms with Gasteiger partial charge in [-0.25, -0.2) is 0 Å². The number of hydrogen-bond donors (Lipinski definition) is 1. The molecule has 148 valence electrons. The maximum Gasteiger partial charge on any atom is 0.471 e. The molecule has 0 aliphatic carbocycles. The fourth-order valence-corrected chi connectivity index (χ4v) is 2.95. The van der Waals surface area contributed by atoms with Gasteiger partial charge in [0.2, 0.25) is 5.82 Å². The third-order valence-electron chi connectivity index (χ3n) is 4.38. The molecule has 0 bridgehead atoms. The molecule has 4 rings (SSSR count). The molecule has 3 aromatic heterocycles.